The third kappa shape index (κ3) is 2.88. The number of benzene rings is 2. The van der Waals surface area contributed by atoms with Crippen LogP contribution in [-0.4, -0.2) is 16.6 Å². The Morgan fingerprint density at radius 1 is 1.13 bits per heavy atom. The molecule has 0 N–H and O–H groups in total. The Kier molecular flexibility index (Phi) is 3.85. The standard InChI is InChI=1S/C18H14Cl2N2O/c19-15-6-5-13(16(20)8-15)9-22-10-14-4-3-12-2-1-7-21-17(12)18(14)23-11-22/h1-8H,9-11H2. The smallest absolute Gasteiger partial charge is 0.152 e. The fourth-order valence-corrected chi connectivity index (χ4v) is 3.35. The molecule has 1 aliphatic heterocycles. The third-order valence-electron chi connectivity index (χ3n) is 4.00. The summed E-state index contributed by atoms with van der Waals surface area (Å²) in [6.07, 6.45) is 1.80. The summed E-state index contributed by atoms with van der Waals surface area (Å²) in [4.78, 5) is 6.65. The van der Waals surface area contributed by atoms with Crippen molar-refractivity contribution in [3.8, 4) is 5.75 Å². The van der Waals surface area contributed by atoms with Gasteiger partial charge in [0.15, 0.2) is 5.75 Å². The first kappa shape index (κ1) is 14.8. The van der Waals surface area contributed by atoms with Crippen LogP contribution in [0.5, 0.6) is 5.75 Å². The number of pyridine rings is 1. The molecule has 0 unspecified atom stereocenters. The van der Waals surface area contributed by atoms with Gasteiger partial charge in [0, 0.05) is 40.3 Å². The van der Waals surface area contributed by atoms with E-state index < -0.39 is 0 Å². The van der Waals surface area contributed by atoms with Crippen LogP contribution in [0.25, 0.3) is 10.9 Å². The first-order chi connectivity index (χ1) is 11.2. The zero-order chi connectivity index (χ0) is 15.8. The molecule has 0 saturated heterocycles. The van der Waals surface area contributed by atoms with Gasteiger partial charge in [0.1, 0.15) is 12.2 Å². The highest BCUT2D eigenvalue weighted by atomic mass is 35.5. The molecule has 0 bridgehead atoms. The number of fused-ring (bicyclic) bond motifs is 3. The summed E-state index contributed by atoms with van der Waals surface area (Å²) in [6, 6.07) is 13.8. The molecule has 2 aromatic carbocycles. The Bertz CT molecular complexity index is 882. The molecule has 0 radical (unpaired) electrons. The first-order valence-corrected chi connectivity index (χ1v) is 8.12. The van der Waals surface area contributed by atoms with Crippen molar-refractivity contribution in [3.63, 3.8) is 0 Å². The number of aromatic nitrogens is 1. The van der Waals surface area contributed by atoms with E-state index in [1.54, 1.807) is 12.3 Å². The molecular weight excluding hydrogens is 331 g/mol. The van der Waals surface area contributed by atoms with E-state index in [0.29, 0.717) is 16.8 Å². The molecule has 5 heteroatoms. The number of rotatable bonds is 2. The minimum Gasteiger partial charge on any atom is -0.475 e. The third-order valence-corrected chi connectivity index (χ3v) is 4.59. The predicted octanol–water partition coefficient (Wildman–Crippen LogP) is 4.89. The van der Waals surface area contributed by atoms with E-state index in [4.69, 9.17) is 27.9 Å². The van der Waals surface area contributed by atoms with E-state index in [1.165, 1.54) is 0 Å². The normalized spacial score (nSPS) is 14.5. The second kappa shape index (κ2) is 6.00. The SMILES string of the molecule is Clc1ccc(CN2COc3c(ccc4cccnc34)C2)c(Cl)c1. The molecule has 0 atom stereocenters. The van der Waals surface area contributed by atoms with E-state index in [2.05, 4.69) is 22.0 Å². The van der Waals surface area contributed by atoms with Gasteiger partial charge in [0.05, 0.1) is 0 Å². The van der Waals surface area contributed by atoms with Gasteiger partial charge in [-0.3, -0.25) is 9.88 Å². The van der Waals surface area contributed by atoms with Crippen LogP contribution in [0.1, 0.15) is 11.1 Å². The predicted molar refractivity (Wildman–Crippen MR) is 92.9 cm³/mol. The van der Waals surface area contributed by atoms with Crippen LogP contribution in [0.3, 0.4) is 0 Å². The monoisotopic (exact) mass is 344 g/mol. The van der Waals surface area contributed by atoms with Crippen molar-refractivity contribution >= 4 is 34.1 Å². The largest absolute Gasteiger partial charge is 0.475 e. The number of nitrogens with zero attached hydrogens (tertiary/aromatic N) is 2. The molecular formula is C18H14Cl2N2O. The average Bonchev–Trinajstić information content (AvgIpc) is 2.57. The van der Waals surface area contributed by atoms with Gasteiger partial charge >= 0.3 is 0 Å². The molecule has 0 saturated carbocycles. The zero-order valence-electron chi connectivity index (χ0n) is 12.3. The van der Waals surface area contributed by atoms with Gasteiger partial charge in [-0.2, -0.15) is 0 Å². The van der Waals surface area contributed by atoms with Crippen LogP contribution in [0.15, 0.2) is 48.7 Å². The lowest BCUT2D eigenvalue weighted by Crippen LogP contribution is -2.31. The van der Waals surface area contributed by atoms with Crippen LogP contribution < -0.4 is 4.74 Å². The molecule has 2 heterocycles. The molecule has 0 aliphatic carbocycles. The quantitative estimate of drug-likeness (QED) is 0.661. The fraction of sp³-hybridized carbons (Fsp3) is 0.167. The van der Waals surface area contributed by atoms with E-state index >= 15 is 0 Å². The number of ether oxygens (including phenoxy) is 1. The number of hydrogen-bond donors (Lipinski definition) is 0. The average molecular weight is 345 g/mol. The second-order valence-corrected chi connectivity index (χ2v) is 6.47. The molecule has 23 heavy (non-hydrogen) atoms. The molecule has 1 aromatic heterocycles. The fourth-order valence-electron chi connectivity index (χ4n) is 2.88. The lowest BCUT2D eigenvalue weighted by Gasteiger charge is -2.29. The van der Waals surface area contributed by atoms with E-state index in [1.807, 2.05) is 24.3 Å². The van der Waals surface area contributed by atoms with E-state index in [0.717, 1.165) is 40.9 Å². The van der Waals surface area contributed by atoms with Crippen molar-refractivity contribution in [2.45, 2.75) is 13.1 Å². The number of halogens is 2. The molecule has 3 aromatic rings. The van der Waals surface area contributed by atoms with Crippen molar-refractivity contribution in [3.05, 3.63) is 69.8 Å². The maximum Gasteiger partial charge on any atom is 0.152 e. The maximum atomic E-state index is 6.27. The summed E-state index contributed by atoms with van der Waals surface area (Å²) in [5, 5.41) is 2.43. The Balaban J connectivity index is 1.60. The Labute approximate surface area is 144 Å². The minimum absolute atomic E-state index is 0.516. The molecule has 3 nitrogen and oxygen atoms in total. The Hall–Kier alpha value is -1.81. The van der Waals surface area contributed by atoms with E-state index in [9.17, 15) is 0 Å². The van der Waals surface area contributed by atoms with Crippen LogP contribution in [0.4, 0.5) is 0 Å². The highest BCUT2D eigenvalue weighted by molar-refractivity contribution is 6.35. The molecule has 1 aliphatic rings. The summed E-state index contributed by atoms with van der Waals surface area (Å²) in [7, 11) is 0. The lowest BCUT2D eigenvalue weighted by atomic mass is 10.1. The highest BCUT2D eigenvalue weighted by Gasteiger charge is 2.20. The van der Waals surface area contributed by atoms with Crippen molar-refractivity contribution in [2.75, 3.05) is 6.73 Å². The van der Waals surface area contributed by atoms with Crippen molar-refractivity contribution in [1.82, 2.24) is 9.88 Å². The lowest BCUT2D eigenvalue weighted by molar-refractivity contribution is 0.0902. The topological polar surface area (TPSA) is 25.4 Å². The minimum atomic E-state index is 0.516. The van der Waals surface area contributed by atoms with Gasteiger partial charge in [0.25, 0.3) is 0 Å². The van der Waals surface area contributed by atoms with Gasteiger partial charge in [-0.25, -0.2) is 0 Å². The number of hydrogen-bond acceptors (Lipinski definition) is 3. The van der Waals surface area contributed by atoms with Crippen LogP contribution in [0.2, 0.25) is 10.0 Å². The maximum absolute atomic E-state index is 6.27. The van der Waals surface area contributed by atoms with Gasteiger partial charge in [0.2, 0.25) is 0 Å². The van der Waals surface area contributed by atoms with Crippen LogP contribution in [-0.2, 0) is 13.1 Å². The van der Waals surface area contributed by atoms with E-state index in [-0.39, 0.29) is 0 Å². The van der Waals surface area contributed by atoms with Gasteiger partial charge in [-0.1, -0.05) is 47.5 Å². The van der Waals surface area contributed by atoms with Crippen molar-refractivity contribution < 1.29 is 4.74 Å². The summed E-state index contributed by atoms with van der Waals surface area (Å²) in [5.74, 6) is 0.890. The van der Waals surface area contributed by atoms with Gasteiger partial charge < -0.3 is 4.74 Å². The second-order valence-electron chi connectivity index (χ2n) is 5.63. The molecule has 0 amide bonds. The van der Waals surface area contributed by atoms with Gasteiger partial charge in [-0.05, 0) is 23.8 Å². The van der Waals surface area contributed by atoms with Crippen molar-refractivity contribution in [1.29, 1.82) is 0 Å². The summed E-state index contributed by atoms with van der Waals surface area (Å²) >= 11 is 12.2. The zero-order valence-corrected chi connectivity index (χ0v) is 13.8. The van der Waals surface area contributed by atoms with Crippen LogP contribution >= 0.6 is 23.2 Å². The molecule has 4 rings (SSSR count). The highest BCUT2D eigenvalue weighted by Crippen LogP contribution is 2.33. The first-order valence-electron chi connectivity index (χ1n) is 7.36. The summed E-state index contributed by atoms with van der Waals surface area (Å²) in [6.45, 7) is 2.04. The molecule has 116 valence electrons. The molecule has 0 fully saturated rings. The summed E-state index contributed by atoms with van der Waals surface area (Å²) in [5.41, 5.74) is 3.11. The van der Waals surface area contributed by atoms with Crippen molar-refractivity contribution in [2.24, 2.45) is 0 Å². The van der Waals surface area contributed by atoms with Crippen LogP contribution in [0, 0.1) is 0 Å². The molecule has 0 spiro atoms. The Morgan fingerprint density at radius 3 is 2.91 bits per heavy atom. The summed E-state index contributed by atoms with van der Waals surface area (Å²) < 4.78 is 5.98. The van der Waals surface area contributed by atoms with Gasteiger partial charge in [-0.15, -0.1) is 0 Å². The Morgan fingerprint density at radius 2 is 2.04 bits per heavy atom.